The van der Waals surface area contributed by atoms with Crippen LogP contribution in [-0.4, -0.2) is 127 Å². The van der Waals surface area contributed by atoms with Crippen LogP contribution >= 0.6 is 0 Å². The lowest BCUT2D eigenvalue weighted by Crippen LogP contribution is -2.40. The first kappa shape index (κ1) is 83.5. The number of amides is 2. The van der Waals surface area contributed by atoms with E-state index in [2.05, 4.69) is 79.4 Å². The number of ether oxygens (including phenoxy) is 4. The molecule has 22 heteroatoms. The zero-order valence-corrected chi connectivity index (χ0v) is 68.1. The first-order valence-corrected chi connectivity index (χ1v) is 42.7. The zero-order chi connectivity index (χ0) is 79.3. The quantitative estimate of drug-likeness (QED) is 0.0263. The lowest BCUT2D eigenvalue weighted by Gasteiger charge is -2.34. The SMILES string of the molecule is CCCCOCCOc1ccc(-c2ccc3c(c2)/C=C(/C(=O)Nc2ccc([S@@](=O)Cc4c(C5CC5)ncn4CCC)cc2)CCCN3CC(C)(C)C(=O)O)cc1.CCCCOCCOc1ccc(-c2ccc3c(c2)/C=C(/C(=O)Nc2ccc([S@@](=O)Cc4cnc(C5CC5)n4CCC)cc2)CCCN3CC(C)(C)C(=O)O)cc1. The van der Waals surface area contributed by atoms with E-state index in [9.17, 15) is 37.8 Å². The summed E-state index contributed by atoms with van der Waals surface area (Å²) in [7, 11) is -2.51. The normalized spacial score (nSPS) is 15.9. The summed E-state index contributed by atoms with van der Waals surface area (Å²) in [5.41, 5.74) is 11.1. The molecule has 8 aromatic rings. The molecular formula is C90H112N8O12S2. The number of nitrogens with one attached hydrogen (secondary N) is 2. The summed E-state index contributed by atoms with van der Waals surface area (Å²) in [5.74, 6) is 2.35. The van der Waals surface area contributed by atoms with Gasteiger partial charge in [0.05, 0.1) is 80.6 Å². The number of imidazole rings is 2. The van der Waals surface area contributed by atoms with E-state index < -0.39 is 44.4 Å². The molecule has 0 radical (unpaired) electrons. The van der Waals surface area contributed by atoms with Gasteiger partial charge >= 0.3 is 11.9 Å². The average Bonchev–Trinajstić information content (AvgIpc) is 1.04. The molecular weight excluding hydrogens is 1450 g/mol. The summed E-state index contributed by atoms with van der Waals surface area (Å²) >= 11 is 0. The summed E-state index contributed by atoms with van der Waals surface area (Å²) in [6, 6.07) is 42.7. The highest BCUT2D eigenvalue weighted by molar-refractivity contribution is 7.84. The predicted molar refractivity (Wildman–Crippen MR) is 447 cm³/mol. The number of unbranched alkanes of at least 4 members (excludes halogenated alkanes) is 2. The number of hydrogen-bond donors (Lipinski definition) is 4. The standard InChI is InChI=1S/2C45H56N4O6S/c1-5-7-24-54-25-26-55-39-17-12-32(13-18-39)34-14-21-41-36(27-34)28-35(9-8-23-48(41)31-45(3,4)44(51)52)43(50)47-37-15-19-40(20-16-37)56(53)30-38-29-46-42(33-10-11-33)49(38)22-6-2;1-5-7-24-54-25-26-55-38-17-12-32(13-18-38)34-14-21-40-36(27-34)28-35(9-8-23-48(40)30-45(3,4)44(51)52)43(50)47-37-15-19-39(20-16-37)56(53)29-41-42(33-10-11-33)46-31-49(41)22-6-2/h12-21,27-29,33H,5-11,22-26,30-31H2,1-4H3,(H,47,50)(H,51,52);12-21,27-28,31,33H,5-11,22-26,29-30H2,1-4H3,(H,47,50)(H,51,52)/b2*35-28+/t2*56-/m00/s1. The number of benzene rings is 6. The van der Waals surface area contributed by atoms with Gasteiger partial charge in [0.2, 0.25) is 0 Å². The lowest BCUT2D eigenvalue weighted by atomic mass is 9.91. The van der Waals surface area contributed by atoms with Crippen molar-refractivity contribution in [2.75, 3.05) is 86.3 Å². The fourth-order valence-electron chi connectivity index (χ4n) is 14.0. The summed E-state index contributed by atoms with van der Waals surface area (Å²) in [6.45, 7) is 22.7. The van der Waals surface area contributed by atoms with Crippen LogP contribution in [0.4, 0.5) is 22.7 Å². The molecule has 4 aliphatic rings. The van der Waals surface area contributed by atoms with E-state index in [-0.39, 0.29) is 11.8 Å². The molecule has 2 fully saturated rings. The fraction of sp³-hybridized carbons (Fsp3) is 0.444. The maximum Gasteiger partial charge on any atom is 0.310 e. The van der Waals surface area contributed by atoms with Gasteiger partial charge in [0.1, 0.15) is 30.5 Å². The van der Waals surface area contributed by atoms with Crippen LogP contribution in [0.2, 0.25) is 0 Å². The van der Waals surface area contributed by atoms with Crippen molar-refractivity contribution >= 4 is 80.3 Å². The number of aliphatic carboxylic acids is 2. The molecule has 2 aliphatic carbocycles. The number of aromatic nitrogens is 4. The molecule has 6 aromatic carbocycles. The Labute approximate surface area is 665 Å². The molecule has 596 valence electrons. The molecule has 2 atom stereocenters. The number of anilines is 4. The third-order valence-electron chi connectivity index (χ3n) is 20.8. The third kappa shape index (κ3) is 22.9. The second-order valence-corrected chi connectivity index (χ2v) is 33.9. The second kappa shape index (κ2) is 39.8. The summed E-state index contributed by atoms with van der Waals surface area (Å²) in [4.78, 5) is 67.0. The van der Waals surface area contributed by atoms with Crippen molar-refractivity contribution in [2.45, 2.75) is 192 Å². The molecule has 4 N–H and O–H groups in total. The summed E-state index contributed by atoms with van der Waals surface area (Å²) < 4.78 is 54.4. The molecule has 2 saturated carbocycles. The van der Waals surface area contributed by atoms with E-state index >= 15 is 0 Å². The highest BCUT2D eigenvalue weighted by atomic mass is 32.2. The van der Waals surface area contributed by atoms with Crippen LogP contribution in [0, 0.1) is 10.8 Å². The molecule has 0 unspecified atom stereocenters. The van der Waals surface area contributed by atoms with Crippen LogP contribution in [-0.2, 0) is 74.8 Å². The number of nitrogens with zero attached hydrogens (tertiary/aromatic N) is 6. The Balaban J connectivity index is 0.000000221. The molecule has 0 bridgehead atoms. The van der Waals surface area contributed by atoms with Gasteiger partial charge in [-0.15, -0.1) is 0 Å². The number of fused-ring (bicyclic) bond motifs is 2. The van der Waals surface area contributed by atoms with Crippen molar-refractivity contribution in [2.24, 2.45) is 10.8 Å². The van der Waals surface area contributed by atoms with Crippen molar-refractivity contribution in [3.8, 4) is 33.8 Å². The Kier molecular flexibility index (Phi) is 29.7. The van der Waals surface area contributed by atoms with Gasteiger partial charge in [0.15, 0.2) is 0 Å². The first-order valence-electron chi connectivity index (χ1n) is 40.1. The van der Waals surface area contributed by atoms with Crippen molar-refractivity contribution in [3.05, 3.63) is 191 Å². The van der Waals surface area contributed by atoms with E-state index in [0.29, 0.717) is 134 Å². The van der Waals surface area contributed by atoms with Crippen LogP contribution in [0.5, 0.6) is 11.5 Å². The molecule has 2 aliphatic heterocycles. The second-order valence-electron chi connectivity index (χ2n) is 31.0. The lowest BCUT2D eigenvalue weighted by molar-refractivity contribution is -0.147. The number of carboxylic acids is 2. The minimum atomic E-state index is -1.26. The molecule has 4 heterocycles. The topological polar surface area (TPSA) is 246 Å². The largest absolute Gasteiger partial charge is 0.491 e. The average molecular weight is 1560 g/mol. The molecule has 2 amide bonds. The minimum Gasteiger partial charge on any atom is -0.491 e. The maximum atomic E-state index is 13.9. The smallest absolute Gasteiger partial charge is 0.310 e. The van der Waals surface area contributed by atoms with Gasteiger partial charge in [-0.05, 0) is 247 Å². The van der Waals surface area contributed by atoms with Gasteiger partial charge in [0.25, 0.3) is 11.8 Å². The van der Waals surface area contributed by atoms with Crippen LogP contribution in [0.25, 0.3) is 34.4 Å². The number of rotatable bonds is 38. The van der Waals surface area contributed by atoms with E-state index in [1.165, 1.54) is 12.8 Å². The van der Waals surface area contributed by atoms with Gasteiger partial charge < -0.3 is 58.7 Å². The van der Waals surface area contributed by atoms with Gasteiger partial charge in [-0.3, -0.25) is 27.6 Å². The molecule has 0 saturated heterocycles. The zero-order valence-electron chi connectivity index (χ0n) is 66.4. The van der Waals surface area contributed by atoms with Gasteiger partial charge in [-0.1, -0.05) is 76.9 Å². The number of carboxylic acid groups (broad SMARTS) is 2. The number of hydrogen-bond acceptors (Lipinski definition) is 14. The Morgan fingerprint density at radius 3 is 1.39 bits per heavy atom. The Bertz CT molecular complexity index is 4620. The highest BCUT2D eigenvalue weighted by Crippen LogP contribution is 2.43. The molecule has 0 spiro atoms. The highest BCUT2D eigenvalue weighted by Gasteiger charge is 2.35. The molecule has 2 aromatic heterocycles. The Morgan fingerprint density at radius 2 is 0.964 bits per heavy atom. The number of carbonyl (C=O) groups excluding carboxylic acids is 2. The molecule has 12 rings (SSSR count). The van der Waals surface area contributed by atoms with Gasteiger partial charge in [-0.2, -0.15) is 0 Å². The molecule has 112 heavy (non-hydrogen) atoms. The van der Waals surface area contributed by atoms with Crippen LogP contribution < -0.4 is 29.9 Å². The van der Waals surface area contributed by atoms with E-state index in [1.807, 2.05) is 146 Å². The van der Waals surface area contributed by atoms with Crippen molar-refractivity contribution in [1.29, 1.82) is 0 Å². The maximum absolute atomic E-state index is 13.9. The minimum absolute atomic E-state index is 0.202. The first-order chi connectivity index (χ1) is 54.1. The Morgan fingerprint density at radius 1 is 0.518 bits per heavy atom. The van der Waals surface area contributed by atoms with Crippen LogP contribution in [0.3, 0.4) is 0 Å². The molecule has 20 nitrogen and oxygen atoms in total. The van der Waals surface area contributed by atoms with Crippen molar-refractivity contribution in [3.63, 3.8) is 0 Å². The van der Waals surface area contributed by atoms with Crippen molar-refractivity contribution < 1.29 is 56.8 Å². The summed E-state index contributed by atoms with van der Waals surface area (Å²) in [5, 5.41) is 26.1. The fourth-order valence-corrected chi connectivity index (χ4v) is 16.3. The van der Waals surface area contributed by atoms with Crippen LogP contribution in [0.15, 0.2) is 167 Å². The predicted octanol–water partition coefficient (Wildman–Crippen LogP) is 18.1. The Hall–Kier alpha value is -9.48. The van der Waals surface area contributed by atoms with Crippen LogP contribution in [0.1, 0.15) is 191 Å². The van der Waals surface area contributed by atoms with E-state index in [1.54, 1.807) is 27.7 Å². The summed E-state index contributed by atoms with van der Waals surface area (Å²) in [6.07, 6.45) is 20.9. The number of carbonyl (C=O) groups is 4. The third-order valence-corrected chi connectivity index (χ3v) is 23.5. The van der Waals surface area contributed by atoms with Gasteiger partial charge in [0, 0.05) is 114 Å². The van der Waals surface area contributed by atoms with Gasteiger partial charge in [-0.25, -0.2) is 9.97 Å². The monoisotopic (exact) mass is 1560 g/mol. The number of aryl methyl sites for hydroxylation is 1. The van der Waals surface area contributed by atoms with Crippen molar-refractivity contribution in [1.82, 2.24) is 19.1 Å². The van der Waals surface area contributed by atoms with E-state index in [0.717, 1.165) is 157 Å². The van der Waals surface area contributed by atoms with E-state index in [4.69, 9.17) is 18.9 Å².